The van der Waals surface area contributed by atoms with Crippen LogP contribution in [0.15, 0.2) is 0 Å². The highest BCUT2D eigenvalue weighted by Gasteiger charge is 2.51. The van der Waals surface area contributed by atoms with Crippen molar-refractivity contribution < 1.29 is 0 Å². The third-order valence-electron chi connectivity index (χ3n) is 3.93. The maximum Gasteiger partial charge on any atom is -0.00435 e. The predicted octanol–water partition coefficient (Wildman–Crippen LogP) is 1.38. The quantitative estimate of drug-likeness (QED) is 0.689. The lowest BCUT2D eigenvalue weighted by Gasteiger charge is -2.13. The van der Waals surface area contributed by atoms with Gasteiger partial charge in [-0.1, -0.05) is 0 Å². The second kappa shape index (κ2) is 3.97. The Bertz CT molecular complexity index is 159. The van der Waals surface area contributed by atoms with Gasteiger partial charge in [-0.15, -0.1) is 0 Å². The molecule has 2 heteroatoms. The molecule has 0 bridgehead atoms. The molecule has 2 N–H and O–H groups in total. The second-order valence-corrected chi connectivity index (χ2v) is 4.76. The minimum atomic E-state index is 0.778. The van der Waals surface area contributed by atoms with Crippen molar-refractivity contribution in [3.05, 3.63) is 0 Å². The molecule has 0 aromatic carbocycles. The van der Waals surface area contributed by atoms with Gasteiger partial charge in [-0.25, -0.2) is 0 Å². The molecule has 0 amide bonds. The molecule has 0 aromatic rings. The van der Waals surface area contributed by atoms with Gasteiger partial charge in [-0.2, -0.15) is 0 Å². The van der Waals surface area contributed by atoms with Crippen molar-refractivity contribution in [1.82, 2.24) is 10.6 Å². The average Bonchev–Trinajstić information content (AvgIpc) is 2.88. The van der Waals surface area contributed by atoms with Gasteiger partial charge in [0, 0.05) is 0 Å². The molecule has 2 rings (SSSR count). The molecular formula is C11H22N2. The molecule has 1 saturated carbocycles. The molecule has 2 aliphatic rings. The van der Waals surface area contributed by atoms with Gasteiger partial charge in [0.05, 0.1) is 0 Å². The number of rotatable bonds is 3. The molecule has 2 nitrogen and oxygen atoms in total. The van der Waals surface area contributed by atoms with E-state index in [1.54, 1.807) is 0 Å². The Hall–Kier alpha value is -0.0800. The first-order valence-electron chi connectivity index (χ1n) is 5.73. The Morgan fingerprint density at radius 1 is 1.38 bits per heavy atom. The summed E-state index contributed by atoms with van der Waals surface area (Å²) in [6, 6.07) is 0. The fourth-order valence-corrected chi connectivity index (χ4v) is 2.92. The Morgan fingerprint density at radius 2 is 2.31 bits per heavy atom. The molecule has 2 atom stereocenters. The predicted molar refractivity (Wildman–Crippen MR) is 55.8 cm³/mol. The number of nitrogens with one attached hydrogen (secondary N) is 2. The smallest absolute Gasteiger partial charge is 0.00435 e. The standard InChI is InChI=1S/C11H22N2/c1-12-7-3-10-9-11(10)4-2-6-13-8-5-11/h10,12-13H,2-9H2,1H3. The van der Waals surface area contributed by atoms with Crippen molar-refractivity contribution in [3.63, 3.8) is 0 Å². The van der Waals surface area contributed by atoms with Crippen LogP contribution >= 0.6 is 0 Å². The molecule has 2 fully saturated rings. The fourth-order valence-electron chi connectivity index (χ4n) is 2.92. The van der Waals surface area contributed by atoms with Crippen molar-refractivity contribution in [2.24, 2.45) is 11.3 Å². The molecule has 13 heavy (non-hydrogen) atoms. The van der Waals surface area contributed by atoms with E-state index in [-0.39, 0.29) is 0 Å². The fraction of sp³-hybridized carbons (Fsp3) is 1.00. The molecule has 1 aliphatic heterocycles. The first kappa shape index (κ1) is 9.47. The van der Waals surface area contributed by atoms with Gasteiger partial charge in [0.1, 0.15) is 0 Å². The van der Waals surface area contributed by atoms with Crippen LogP contribution in [0.25, 0.3) is 0 Å². The zero-order chi connectivity index (χ0) is 9.15. The minimum absolute atomic E-state index is 0.778. The first-order valence-corrected chi connectivity index (χ1v) is 5.73. The van der Waals surface area contributed by atoms with Gasteiger partial charge in [0.15, 0.2) is 0 Å². The highest BCUT2D eigenvalue weighted by atomic mass is 14.9. The summed E-state index contributed by atoms with van der Waals surface area (Å²) in [5, 5.41) is 6.76. The normalized spacial score (nSPS) is 39.0. The van der Waals surface area contributed by atoms with Gasteiger partial charge < -0.3 is 10.6 Å². The van der Waals surface area contributed by atoms with Crippen LogP contribution in [-0.2, 0) is 0 Å². The van der Waals surface area contributed by atoms with Crippen LogP contribution < -0.4 is 10.6 Å². The van der Waals surface area contributed by atoms with Gasteiger partial charge in [0.2, 0.25) is 0 Å². The van der Waals surface area contributed by atoms with Crippen LogP contribution in [0.1, 0.15) is 32.1 Å². The molecule has 1 heterocycles. The summed E-state index contributed by atoms with van der Waals surface area (Å²) in [7, 11) is 2.06. The van der Waals surface area contributed by atoms with Crippen LogP contribution in [-0.4, -0.2) is 26.7 Å². The maximum absolute atomic E-state index is 3.50. The molecular weight excluding hydrogens is 160 g/mol. The summed E-state index contributed by atoms with van der Waals surface area (Å²) in [4.78, 5) is 0. The van der Waals surface area contributed by atoms with Crippen molar-refractivity contribution in [2.75, 3.05) is 26.7 Å². The topological polar surface area (TPSA) is 24.1 Å². The Labute approximate surface area is 81.5 Å². The summed E-state index contributed by atoms with van der Waals surface area (Å²) < 4.78 is 0. The highest BCUT2D eigenvalue weighted by molar-refractivity contribution is 5.03. The lowest BCUT2D eigenvalue weighted by atomic mass is 9.93. The third-order valence-corrected chi connectivity index (χ3v) is 3.93. The Morgan fingerprint density at radius 3 is 3.15 bits per heavy atom. The molecule has 2 unspecified atom stereocenters. The van der Waals surface area contributed by atoms with Gasteiger partial charge in [0.25, 0.3) is 0 Å². The SMILES string of the molecule is CNCCC1CC12CCCNCC2. The van der Waals surface area contributed by atoms with E-state index in [1.807, 2.05) is 0 Å². The molecule has 1 aliphatic carbocycles. The summed E-state index contributed by atoms with van der Waals surface area (Å²) in [6.07, 6.45) is 7.22. The van der Waals surface area contributed by atoms with E-state index in [4.69, 9.17) is 0 Å². The second-order valence-electron chi connectivity index (χ2n) is 4.76. The van der Waals surface area contributed by atoms with Crippen LogP contribution in [0, 0.1) is 11.3 Å². The van der Waals surface area contributed by atoms with Crippen LogP contribution in [0.4, 0.5) is 0 Å². The molecule has 0 radical (unpaired) electrons. The zero-order valence-corrected chi connectivity index (χ0v) is 8.73. The summed E-state index contributed by atoms with van der Waals surface area (Å²) >= 11 is 0. The van der Waals surface area contributed by atoms with E-state index in [0.29, 0.717) is 0 Å². The van der Waals surface area contributed by atoms with Crippen LogP contribution in [0.5, 0.6) is 0 Å². The van der Waals surface area contributed by atoms with Crippen molar-refractivity contribution in [2.45, 2.75) is 32.1 Å². The maximum atomic E-state index is 3.50. The lowest BCUT2D eigenvalue weighted by Crippen LogP contribution is -2.15. The summed E-state index contributed by atoms with van der Waals surface area (Å²) in [5.41, 5.74) is 0.778. The largest absolute Gasteiger partial charge is 0.320 e. The highest BCUT2D eigenvalue weighted by Crippen LogP contribution is 2.60. The van der Waals surface area contributed by atoms with Gasteiger partial charge in [-0.3, -0.25) is 0 Å². The zero-order valence-electron chi connectivity index (χ0n) is 8.73. The Kier molecular flexibility index (Phi) is 2.89. The van der Waals surface area contributed by atoms with E-state index in [2.05, 4.69) is 17.7 Å². The van der Waals surface area contributed by atoms with Crippen molar-refractivity contribution in [1.29, 1.82) is 0 Å². The average molecular weight is 182 g/mol. The molecule has 1 saturated heterocycles. The van der Waals surface area contributed by atoms with Crippen molar-refractivity contribution >= 4 is 0 Å². The van der Waals surface area contributed by atoms with Gasteiger partial charge in [-0.05, 0) is 70.1 Å². The van der Waals surface area contributed by atoms with E-state index in [1.165, 1.54) is 51.7 Å². The molecule has 0 aromatic heterocycles. The van der Waals surface area contributed by atoms with Crippen LogP contribution in [0.3, 0.4) is 0 Å². The third kappa shape index (κ3) is 2.05. The number of hydrogen-bond donors (Lipinski definition) is 2. The van der Waals surface area contributed by atoms with E-state index < -0.39 is 0 Å². The molecule has 76 valence electrons. The lowest BCUT2D eigenvalue weighted by molar-refractivity contribution is 0.392. The molecule has 1 spiro atoms. The van der Waals surface area contributed by atoms with E-state index in [0.717, 1.165) is 11.3 Å². The van der Waals surface area contributed by atoms with Gasteiger partial charge >= 0.3 is 0 Å². The van der Waals surface area contributed by atoms with Crippen molar-refractivity contribution in [3.8, 4) is 0 Å². The Balaban J connectivity index is 1.78. The first-order chi connectivity index (χ1) is 6.37. The monoisotopic (exact) mass is 182 g/mol. The summed E-state index contributed by atoms with van der Waals surface area (Å²) in [6.45, 7) is 3.72. The van der Waals surface area contributed by atoms with Crippen LogP contribution in [0.2, 0.25) is 0 Å². The minimum Gasteiger partial charge on any atom is -0.320 e. The van der Waals surface area contributed by atoms with E-state index >= 15 is 0 Å². The summed E-state index contributed by atoms with van der Waals surface area (Å²) in [5.74, 6) is 1.04. The number of hydrogen-bond acceptors (Lipinski definition) is 2. The van der Waals surface area contributed by atoms with E-state index in [9.17, 15) is 0 Å².